The first-order valence-corrected chi connectivity index (χ1v) is 12.3. The van der Waals surface area contributed by atoms with Crippen molar-refractivity contribution in [2.24, 2.45) is 5.92 Å². The van der Waals surface area contributed by atoms with E-state index in [0.717, 1.165) is 23.5 Å². The van der Waals surface area contributed by atoms with Gasteiger partial charge in [-0.1, -0.05) is 60.6 Å². The summed E-state index contributed by atoms with van der Waals surface area (Å²) in [6, 6.07) is 4.49. The summed E-state index contributed by atoms with van der Waals surface area (Å²) >= 11 is 0. The lowest BCUT2D eigenvalue weighted by atomic mass is 9.72. The lowest BCUT2D eigenvalue weighted by Crippen LogP contribution is -2.58. The van der Waals surface area contributed by atoms with Gasteiger partial charge in [-0.05, 0) is 106 Å². The largest absolute Gasteiger partial charge is 0.507 e. The smallest absolute Gasteiger partial charge is 0.123 e. The van der Waals surface area contributed by atoms with E-state index in [4.69, 9.17) is 0 Å². The van der Waals surface area contributed by atoms with E-state index in [1.165, 1.54) is 31.2 Å². The van der Waals surface area contributed by atoms with Crippen molar-refractivity contribution in [3.63, 3.8) is 0 Å². The summed E-state index contributed by atoms with van der Waals surface area (Å²) in [6.07, 6.45) is 6.04. The third-order valence-electron chi connectivity index (χ3n) is 7.66. The second-order valence-corrected chi connectivity index (χ2v) is 13.7. The van der Waals surface area contributed by atoms with Gasteiger partial charge in [0.1, 0.15) is 5.75 Å². The number of benzene rings is 1. The third kappa shape index (κ3) is 6.28. The van der Waals surface area contributed by atoms with E-state index in [-0.39, 0.29) is 21.9 Å². The van der Waals surface area contributed by atoms with Gasteiger partial charge in [0, 0.05) is 11.1 Å². The molecule has 0 spiro atoms. The lowest BCUT2D eigenvalue weighted by Gasteiger charge is -2.54. The fourth-order valence-corrected chi connectivity index (χ4v) is 5.61. The molecule has 1 heterocycles. The normalized spacial score (nSPS) is 20.4. The SMILES string of the molecule is C[C](CCC1CC(C)(C)N(C)C(C)(C)C1)Cc1cc(C(C)(C)C)c(O)c(C(C)(C)C)c1. The van der Waals surface area contributed by atoms with Crippen LogP contribution in [0, 0.1) is 11.8 Å². The fourth-order valence-electron chi connectivity index (χ4n) is 5.61. The van der Waals surface area contributed by atoms with E-state index < -0.39 is 0 Å². The molecule has 2 heteroatoms. The van der Waals surface area contributed by atoms with Gasteiger partial charge in [0.05, 0.1) is 0 Å². The van der Waals surface area contributed by atoms with Gasteiger partial charge in [-0.15, -0.1) is 0 Å². The van der Waals surface area contributed by atoms with Gasteiger partial charge in [0.15, 0.2) is 0 Å². The Morgan fingerprint density at radius 1 is 0.935 bits per heavy atom. The Bertz CT molecular complexity index is 707. The maximum Gasteiger partial charge on any atom is 0.123 e. The van der Waals surface area contributed by atoms with E-state index in [1.807, 2.05) is 0 Å². The fraction of sp³-hybridized carbons (Fsp3) is 0.759. The van der Waals surface area contributed by atoms with Gasteiger partial charge in [-0.25, -0.2) is 0 Å². The first kappa shape index (κ1) is 26.2. The predicted octanol–water partition coefficient (Wildman–Crippen LogP) is 7.80. The second kappa shape index (κ2) is 8.73. The molecule has 177 valence electrons. The van der Waals surface area contributed by atoms with Crippen molar-refractivity contribution in [3.8, 4) is 5.75 Å². The minimum atomic E-state index is -0.0702. The topological polar surface area (TPSA) is 23.5 Å². The van der Waals surface area contributed by atoms with Crippen LogP contribution in [-0.4, -0.2) is 28.1 Å². The van der Waals surface area contributed by atoms with Crippen LogP contribution in [0.5, 0.6) is 5.75 Å². The molecule has 0 bridgehead atoms. The summed E-state index contributed by atoms with van der Waals surface area (Å²) in [7, 11) is 2.29. The first-order valence-electron chi connectivity index (χ1n) is 12.3. The Hall–Kier alpha value is -1.02. The van der Waals surface area contributed by atoms with Gasteiger partial charge in [0.2, 0.25) is 0 Å². The number of phenols is 1. The molecule has 0 aliphatic carbocycles. The van der Waals surface area contributed by atoms with Crippen LogP contribution in [0.25, 0.3) is 0 Å². The highest BCUT2D eigenvalue weighted by Gasteiger charge is 2.42. The minimum absolute atomic E-state index is 0.0702. The number of piperidine rings is 1. The monoisotopic (exact) mass is 428 g/mol. The number of nitrogens with zero attached hydrogens (tertiary/aromatic N) is 1. The molecule has 1 N–H and O–H groups in total. The number of likely N-dealkylation sites (tertiary alicyclic amines) is 1. The Morgan fingerprint density at radius 2 is 1.35 bits per heavy atom. The van der Waals surface area contributed by atoms with Gasteiger partial charge in [-0.3, -0.25) is 4.90 Å². The molecule has 0 atom stereocenters. The molecule has 1 aromatic carbocycles. The van der Waals surface area contributed by atoms with Gasteiger partial charge >= 0.3 is 0 Å². The van der Waals surface area contributed by atoms with E-state index >= 15 is 0 Å². The average Bonchev–Trinajstić information content (AvgIpc) is 2.56. The zero-order valence-electron chi connectivity index (χ0n) is 22.7. The van der Waals surface area contributed by atoms with Crippen LogP contribution in [0.15, 0.2) is 12.1 Å². The number of aromatic hydroxyl groups is 1. The quantitative estimate of drug-likeness (QED) is 0.517. The molecule has 0 unspecified atom stereocenters. The minimum Gasteiger partial charge on any atom is -0.507 e. The van der Waals surface area contributed by atoms with Crippen molar-refractivity contribution >= 4 is 0 Å². The Labute approximate surface area is 193 Å². The van der Waals surface area contributed by atoms with Crippen molar-refractivity contribution in [1.82, 2.24) is 4.90 Å². The van der Waals surface area contributed by atoms with Crippen LogP contribution in [-0.2, 0) is 17.3 Å². The number of hydrogen-bond acceptors (Lipinski definition) is 2. The summed E-state index contributed by atoms with van der Waals surface area (Å²) in [4.78, 5) is 2.57. The summed E-state index contributed by atoms with van der Waals surface area (Å²) in [5.74, 6) is 2.82. The maximum absolute atomic E-state index is 11.0. The molecule has 0 amide bonds. The number of hydrogen-bond donors (Lipinski definition) is 1. The summed E-state index contributed by atoms with van der Waals surface area (Å²) in [6.45, 7) is 25.1. The van der Waals surface area contributed by atoms with Crippen LogP contribution < -0.4 is 0 Å². The van der Waals surface area contributed by atoms with Crippen LogP contribution in [0.3, 0.4) is 0 Å². The van der Waals surface area contributed by atoms with Crippen molar-refractivity contribution in [1.29, 1.82) is 0 Å². The molecule has 0 aromatic heterocycles. The average molecular weight is 429 g/mol. The van der Waals surface area contributed by atoms with Crippen LogP contribution in [0.2, 0.25) is 0 Å². The van der Waals surface area contributed by atoms with Crippen LogP contribution in [0.1, 0.15) is 119 Å². The highest BCUT2D eigenvalue weighted by Crippen LogP contribution is 2.43. The zero-order chi connectivity index (χ0) is 24.0. The van der Waals surface area contributed by atoms with Crippen molar-refractivity contribution in [3.05, 3.63) is 34.7 Å². The predicted molar refractivity (Wildman–Crippen MR) is 136 cm³/mol. The van der Waals surface area contributed by atoms with Gasteiger partial charge in [0.25, 0.3) is 0 Å². The van der Waals surface area contributed by atoms with E-state index in [1.54, 1.807) is 5.92 Å². The van der Waals surface area contributed by atoms with Crippen molar-refractivity contribution < 1.29 is 5.11 Å². The second-order valence-electron chi connectivity index (χ2n) is 13.7. The molecule has 1 aliphatic heterocycles. The summed E-state index contributed by atoms with van der Waals surface area (Å²) < 4.78 is 0. The highest BCUT2D eigenvalue weighted by atomic mass is 16.3. The number of rotatable bonds is 5. The van der Waals surface area contributed by atoms with Crippen molar-refractivity contribution in [2.75, 3.05) is 7.05 Å². The molecule has 0 saturated carbocycles. The molecule has 1 saturated heterocycles. The van der Waals surface area contributed by atoms with Crippen LogP contribution in [0.4, 0.5) is 0 Å². The number of phenolic OH excluding ortho intramolecular Hbond substituents is 1. The highest BCUT2D eigenvalue weighted by molar-refractivity contribution is 5.50. The molecular weight excluding hydrogens is 378 g/mol. The molecule has 1 aromatic rings. The summed E-state index contributed by atoms with van der Waals surface area (Å²) in [5.41, 5.74) is 3.87. The molecular formula is C29H50NO. The molecule has 1 radical (unpaired) electrons. The Balaban J connectivity index is 2.14. The standard InChI is InChI=1S/C29H50NO/c1-20(13-14-21-18-28(8,9)30(12)29(10,11)19-21)15-22-16-23(26(2,3)4)25(31)24(17-22)27(5,6)7/h16-17,21,31H,13-15,18-19H2,1-12H3. The molecule has 2 rings (SSSR count). The molecule has 1 fully saturated rings. The van der Waals surface area contributed by atoms with Crippen molar-refractivity contribution in [2.45, 2.75) is 130 Å². The molecule has 31 heavy (non-hydrogen) atoms. The first-order chi connectivity index (χ1) is 13.8. The van der Waals surface area contributed by atoms with Gasteiger partial charge in [-0.2, -0.15) is 0 Å². The third-order valence-corrected chi connectivity index (χ3v) is 7.66. The lowest BCUT2D eigenvalue weighted by molar-refractivity contribution is -0.0318. The molecule has 1 aliphatic rings. The van der Waals surface area contributed by atoms with Gasteiger partial charge < -0.3 is 5.11 Å². The van der Waals surface area contributed by atoms with E-state index in [9.17, 15) is 5.11 Å². The Kier molecular flexibility index (Phi) is 7.39. The summed E-state index contributed by atoms with van der Waals surface area (Å²) in [5, 5.41) is 11.0. The zero-order valence-corrected chi connectivity index (χ0v) is 22.7. The van der Waals surface area contributed by atoms with E-state index in [0.29, 0.717) is 5.75 Å². The van der Waals surface area contributed by atoms with E-state index in [2.05, 4.69) is 100 Å². The molecule has 2 nitrogen and oxygen atoms in total. The maximum atomic E-state index is 11.0. The van der Waals surface area contributed by atoms with Crippen LogP contribution >= 0.6 is 0 Å². The Morgan fingerprint density at radius 3 is 1.74 bits per heavy atom.